The number of carbonyl (C=O) groups is 2. The highest BCUT2D eigenvalue weighted by Gasteiger charge is 2.24. The molecule has 2 N–H and O–H groups in total. The van der Waals surface area contributed by atoms with E-state index < -0.39 is 12.6 Å². The average Bonchev–Trinajstić information content (AvgIpc) is 3.02. The van der Waals surface area contributed by atoms with E-state index >= 15 is 0 Å². The Morgan fingerprint density at radius 2 is 1.93 bits per heavy atom. The Kier molecular flexibility index (Phi) is 6.56. The molecule has 8 heteroatoms. The molecule has 29 heavy (non-hydrogen) atoms. The highest BCUT2D eigenvalue weighted by molar-refractivity contribution is 8.18. The summed E-state index contributed by atoms with van der Waals surface area (Å²) in [6, 6.07) is 12.8. The predicted molar refractivity (Wildman–Crippen MR) is 113 cm³/mol. The molecule has 0 saturated carbocycles. The fraction of sp³-hybridized carbons (Fsp3) is 0.190. The molecule has 0 aliphatic carbocycles. The van der Waals surface area contributed by atoms with Crippen molar-refractivity contribution in [3.63, 3.8) is 0 Å². The van der Waals surface area contributed by atoms with E-state index in [1.807, 2.05) is 38.1 Å². The maximum Gasteiger partial charge on any atom is 0.341 e. The molecule has 150 valence electrons. The number of carboxylic acids is 1. The summed E-state index contributed by atoms with van der Waals surface area (Å²) in [4.78, 5) is 28.0. The van der Waals surface area contributed by atoms with Crippen LogP contribution >= 0.6 is 11.8 Å². The Labute approximate surface area is 172 Å². The molecule has 1 amide bonds. The quantitative estimate of drug-likeness (QED) is 0.673. The van der Waals surface area contributed by atoms with Crippen molar-refractivity contribution in [1.29, 1.82) is 0 Å². The molecule has 2 aromatic carbocycles. The number of hydrogen-bond acceptors (Lipinski definition) is 6. The van der Waals surface area contributed by atoms with E-state index in [9.17, 15) is 9.59 Å². The van der Waals surface area contributed by atoms with Crippen LogP contribution < -0.4 is 14.8 Å². The highest BCUT2D eigenvalue weighted by atomic mass is 32.2. The molecule has 0 unspecified atom stereocenters. The Hall–Kier alpha value is -3.26. The van der Waals surface area contributed by atoms with Gasteiger partial charge in [0.1, 0.15) is 0 Å². The number of amides is 1. The van der Waals surface area contributed by atoms with Gasteiger partial charge in [-0.2, -0.15) is 0 Å². The minimum absolute atomic E-state index is 0.231. The van der Waals surface area contributed by atoms with Crippen LogP contribution in [-0.2, 0) is 9.59 Å². The number of carbonyl (C=O) groups excluding carboxylic acids is 1. The van der Waals surface area contributed by atoms with Gasteiger partial charge in [0, 0.05) is 0 Å². The van der Waals surface area contributed by atoms with Crippen LogP contribution in [0.15, 0.2) is 52.4 Å². The van der Waals surface area contributed by atoms with Crippen molar-refractivity contribution in [2.75, 3.05) is 13.2 Å². The van der Waals surface area contributed by atoms with Crippen LogP contribution in [-0.4, -0.2) is 35.4 Å². The SMILES string of the molecule is CCOc1cc(/C=C2\SC(=Nc3ccc(C)cc3)NC2=O)ccc1OCC(=O)O. The topological polar surface area (TPSA) is 97.2 Å². The first kappa shape index (κ1) is 20.5. The zero-order chi connectivity index (χ0) is 20.8. The minimum Gasteiger partial charge on any atom is -0.490 e. The number of aliphatic imine (C=N–C) groups is 1. The number of amidine groups is 1. The molecule has 1 aliphatic rings. The third-order valence-corrected chi connectivity index (χ3v) is 4.74. The van der Waals surface area contributed by atoms with E-state index in [2.05, 4.69) is 10.3 Å². The molecule has 7 nitrogen and oxygen atoms in total. The second-order valence-corrected chi connectivity index (χ2v) is 7.17. The van der Waals surface area contributed by atoms with Gasteiger partial charge in [0.05, 0.1) is 17.2 Å². The molecular formula is C21H20N2O5S. The molecule has 1 saturated heterocycles. The number of aliphatic carboxylic acids is 1. The zero-order valence-electron chi connectivity index (χ0n) is 16.0. The number of nitrogens with zero attached hydrogens (tertiary/aromatic N) is 1. The van der Waals surface area contributed by atoms with Gasteiger partial charge in [0.2, 0.25) is 0 Å². The lowest BCUT2D eigenvalue weighted by Crippen LogP contribution is -2.19. The van der Waals surface area contributed by atoms with E-state index in [0.29, 0.717) is 28.2 Å². The lowest BCUT2D eigenvalue weighted by Gasteiger charge is -2.11. The first-order valence-electron chi connectivity index (χ1n) is 8.92. The van der Waals surface area contributed by atoms with Crippen LogP contribution in [0.1, 0.15) is 18.1 Å². The molecular weight excluding hydrogens is 392 g/mol. The van der Waals surface area contributed by atoms with Gasteiger partial charge in [0.25, 0.3) is 5.91 Å². The van der Waals surface area contributed by atoms with E-state index in [1.54, 1.807) is 24.3 Å². The smallest absolute Gasteiger partial charge is 0.341 e. The summed E-state index contributed by atoms with van der Waals surface area (Å²) in [6.45, 7) is 3.75. The molecule has 3 rings (SSSR count). The van der Waals surface area contributed by atoms with Gasteiger partial charge in [-0.15, -0.1) is 0 Å². The maximum atomic E-state index is 12.3. The van der Waals surface area contributed by atoms with E-state index in [-0.39, 0.29) is 5.91 Å². The third-order valence-electron chi connectivity index (χ3n) is 3.83. The van der Waals surface area contributed by atoms with Crippen molar-refractivity contribution in [2.45, 2.75) is 13.8 Å². The van der Waals surface area contributed by atoms with Gasteiger partial charge in [-0.05, 0) is 61.5 Å². The average molecular weight is 412 g/mol. The van der Waals surface area contributed by atoms with Crippen LogP contribution in [0.25, 0.3) is 6.08 Å². The number of nitrogens with one attached hydrogen (secondary N) is 1. The normalized spacial score (nSPS) is 16.1. The van der Waals surface area contributed by atoms with Crippen LogP contribution in [0.4, 0.5) is 5.69 Å². The standard InChI is InChI=1S/C21H20N2O5S/c1-3-27-17-10-14(6-9-16(17)28-12-19(24)25)11-18-20(26)23-21(29-18)22-15-7-4-13(2)5-8-15/h4-11H,3,12H2,1-2H3,(H,24,25)(H,22,23,26)/b18-11-. The Balaban J connectivity index is 1.79. The molecule has 0 radical (unpaired) electrons. The molecule has 1 heterocycles. The molecule has 0 aromatic heterocycles. The third kappa shape index (κ3) is 5.61. The van der Waals surface area contributed by atoms with Gasteiger partial charge in [-0.25, -0.2) is 9.79 Å². The van der Waals surface area contributed by atoms with Crippen LogP contribution in [0.2, 0.25) is 0 Å². The number of carboxylic acid groups (broad SMARTS) is 1. The second kappa shape index (κ2) is 9.29. The maximum absolute atomic E-state index is 12.3. The van der Waals surface area contributed by atoms with Gasteiger partial charge < -0.3 is 19.9 Å². The molecule has 0 spiro atoms. The number of hydrogen-bond donors (Lipinski definition) is 2. The minimum atomic E-state index is -1.07. The summed E-state index contributed by atoms with van der Waals surface area (Å²) >= 11 is 1.25. The molecule has 2 aromatic rings. The number of ether oxygens (including phenoxy) is 2. The zero-order valence-corrected chi connectivity index (χ0v) is 16.8. The van der Waals surface area contributed by atoms with Crippen LogP contribution in [0, 0.1) is 6.92 Å². The molecule has 0 atom stereocenters. The summed E-state index contributed by atoms with van der Waals surface area (Å²) in [5.74, 6) is -0.551. The largest absolute Gasteiger partial charge is 0.490 e. The van der Waals surface area contributed by atoms with Crippen molar-refractivity contribution >= 4 is 40.6 Å². The summed E-state index contributed by atoms with van der Waals surface area (Å²) in [6.07, 6.45) is 1.72. The predicted octanol–water partition coefficient (Wildman–Crippen LogP) is 3.75. The summed E-state index contributed by atoms with van der Waals surface area (Å²) in [5.41, 5.74) is 2.63. The number of rotatable bonds is 7. The summed E-state index contributed by atoms with van der Waals surface area (Å²) < 4.78 is 10.8. The fourth-order valence-electron chi connectivity index (χ4n) is 2.51. The highest BCUT2D eigenvalue weighted by Crippen LogP contribution is 2.32. The molecule has 1 aliphatic heterocycles. The Morgan fingerprint density at radius 3 is 2.62 bits per heavy atom. The lowest BCUT2D eigenvalue weighted by atomic mass is 10.2. The number of benzene rings is 2. The van der Waals surface area contributed by atoms with Crippen molar-refractivity contribution < 1.29 is 24.2 Å². The number of thioether (sulfide) groups is 1. The number of aryl methyl sites for hydroxylation is 1. The van der Waals surface area contributed by atoms with Crippen LogP contribution in [0.3, 0.4) is 0 Å². The molecule has 1 fully saturated rings. The molecule has 0 bridgehead atoms. The van der Waals surface area contributed by atoms with E-state index in [1.165, 1.54) is 11.8 Å². The van der Waals surface area contributed by atoms with Crippen molar-refractivity contribution in [2.24, 2.45) is 4.99 Å². The fourth-order valence-corrected chi connectivity index (χ4v) is 3.35. The van der Waals surface area contributed by atoms with Crippen molar-refractivity contribution in [1.82, 2.24) is 5.32 Å². The summed E-state index contributed by atoms with van der Waals surface area (Å²) in [5, 5.41) is 12.0. The Bertz CT molecular complexity index is 983. The van der Waals surface area contributed by atoms with Crippen molar-refractivity contribution in [3.05, 3.63) is 58.5 Å². The van der Waals surface area contributed by atoms with E-state index in [0.717, 1.165) is 16.8 Å². The van der Waals surface area contributed by atoms with Crippen LogP contribution in [0.5, 0.6) is 11.5 Å². The van der Waals surface area contributed by atoms with Gasteiger partial charge in [0.15, 0.2) is 23.3 Å². The first-order chi connectivity index (χ1) is 13.9. The Morgan fingerprint density at radius 1 is 1.17 bits per heavy atom. The van der Waals surface area contributed by atoms with Gasteiger partial charge in [-0.1, -0.05) is 23.8 Å². The van der Waals surface area contributed by atoms with E-state index in [4.69, 9.17) is 14.6 Å². The van der Waals surface area contributed by atoms with Crippen molar-refractivity contribution in [3.8, 4) is 11.5 Å². The van der Waals surface area contributed by atoms with Gasteiger partial charge in [-0.3, -0.25) is 4.79 Å². The van der Waals surface area contributed by atoms with Gasteiger partial charge >= 0.3 is 5.97 Å². The summed E-state index contributed by atoms with van der Waals surface area (Å²) in [7, 11) is 0. The first-order valence-corrected chi connectivity index (χ1v) is 9.74. The monoisotopic (exact) mass is 412 g/mol. The second-order valence-electron chi connectivity index (χ2n) is 6.14. The lowest BCUT2D eigenvalue weighted by molar-refractivity contribution is -0.139.